The van der Waals surface area contributed by atoms with E-state index in [0.717, 1.165) is 0 Å². The second-order valence-electron chi connectivity index (χ2n) is 8.92. The van der Waals surface area contributed by atoms with Crippen LogP contribution in [0.4, 0.5) is 20.3 Å². The molecule has 0 bridgehead atoms. The largest absolute Gasteiger partial charge is 0.376 e. The number of rotatable bonds is 4. The number of amides is 1. The SMILES string of the molecule is CC(C)(C)Nc1c(F)c(Cl)c(-c2cn3cc(NC(=O)[C@@H]4C[C@@H]4F)nc3cn2)c2cn[nH]c12. The minimum absolute atomic E-state index is 0.0890. The average Bonchev–Trinajstić information content (AvgIpc) is 3.10. The number of nitrogens with zero attached hydrogens (tertiary/aromatic N) is 4. The molecule has 1 fully saturated rings. The molecule has 1 aliphatic carbocycles. The molecule has 0 radical (unpaired) electrons. The number of halogens is 3. The number of carbonyl (C=O) groups is 1. The molecule has 32 heavy (non-hydrogen) atoms. The van der Waals surface area contributed by atoms with Crippen LogP contribution in [0.2, 0.25) is 5.02 Å². The van der Waals surface area contributed by atoms with E-state index in [9.17, 15) is 9.18 Å². The van der Waals surface area contributed by atoms with Gasteiger partial charge in [-0.15, -0.1) is 0 Å². The average molecular weight is 460 g/mol. The molecule has 0 spiro atoms. The minimum Gasteiger partial charge on any atom is -0.376 e. The molecule has 2 atom stereocenters. The number of fused-ring (bicyclic) bond motifs is 2. The van der Waals surface area contributed by atoms with E-state index in [1.165, 1.54) is 6.20 Å². The highest BCUT2D eigenvalue weighted by Gasteiger charge is 2.43. The zero-order chi connectivity index (χ0) is 22.8. The molecule has 5 rings (SSSR count). The molecule has 0 aliphatic heterocycles. The Labute approximate surface area is 186 Å². The lowest BCUT2D eigenvalue weighted by atomic mass is 10.0. The first-order valence-electron chi connectivity index (χ1n) is 10.0. The van der Waals surface area contributed by atoms with Crippen LogP contribution < -0.4 is 10.6 Å². The van der Waals surface area contributed by atoms with Gasteiger partial charge < -0.3 is 15.0 Å². The fourth-order valence-electron chi connectivity index (χ4n) is 3.60. The van der Waals surface area contributed by atoms with Crippen molar-refractivity contribution in [2.45, 2.75) is 38.9 Å². The van der Waals surface area contributed by atoms with Crippen LogP contribution in [0.15, 0.2) is 24.8 Å². The zero-order valence-corrected chi connectivity index (χ0v) is 18.3. The van der Waals surface area contributed by atoms with Gasteiger partial charge in [0.15, 0.2) is 17.3 Å². The molecule has 1 amide bonds. The van der Waals surface area contributed by atoms with Crippen molar-refractivity contribution < 1.29 is 13.6 Å². The van der Waals surface area contributed by atoms with Crippen molar-refractivity contribution in [2.75, 3.05) is 10.6 Å². The van der Waals surface area contributed by atoms with Gasteiger partial charge in [-0.1, -0.05) is 11.6 Å². The summed E-state index contributed by atoms with van der Waals surface area (Å²) in [6.45, 7) is 5.74. The van der Waals surface area contributed by atoms with Gasteiger partial charge in [-0.25, -0.2) is 13.8 Å². The van der Waals surface area contributed by atoms with Crippen molar-refractivity contribution >= 4 is 45.6 Å². The van der Waals surface area contributed by atoms with E-state index >= 15 is 4.39 Å². The monoisotopic (exact) mass is 459 g/mol. The molecule has 8 nitrogen and oxygen atoms in total. The Morgan fingerprint density at radius 2 is 2.06 bits per heavy atom. The summed E-state index contributed by atoms with van der Waals surface area (Å²) in [4.78, 5) is 20.7. The molecule has 3 N–H and O–H groups in total. The lowest BCUT2D eigenvalue weighted by molar-refractivity contribution is -0.117. The standard InChI is InChI=1S/C21H20ClF2N7O/c1-21(2,3)29-19-17(24)16(22)15(10-5-26-30-18(10)19)12-7-31-8-13(27-14(31)6-25-12)28-20(32)9-4-11(9)23/h5-9,11,29H,4H2,1-3H3,(H,26,30)(H,28,32)/t9-,11+/m1/s1. The smallest absolute Gasteiger partial charge is 0.231 e. The summed E-state index contributed by atoms with van der Waals surface area (Å²) < 4.78 is 30.0. The Hall–Kier alpha value is -3.27. The molecular weight excluding hydrogens is 440 g/mol. The van der Waals surface area contributed by atoms with Crippen molar-refractivity contribution in [3.05, 3.63) is 35.6 Å². The van der Waals surface area contributed by atoms with E-state index in [-0.39, 0.29) is 22.9 Å². The quantitative estimate of drug-likeness (QED) is 0.415. The predicted molar refractivity (Wildman–Crippen MR) is 118 cm³/mol. The van der Waals surface area contributed by atoms with Crippen LogP contribution >= 0.6 is 11.6 Å². The Kier molecular flexibility index (Phi) is 4.59. The summed E-state index contributed by atoms with van der Waals surface area (Å²) in [5.74, 6) is -1.35. The number of nitrogens with one attached hydrogen (secondary N) is 3. The van der Waals surface area contributed by atoms with Gasteiger partial charge in [0.05, 0.1) is 46.4 Å². The number of benzene rings is 1. The number of aromatic nitrogens is 5. The normalized spacial score (nSPS) is 18.3. The molecule has 0 unspecified atom stereocenters. The van der Waals surface area contributed by atoms with E-state index in [2.05, 4.69) is 30.8 Å². The van der Waals surface area contributed by atoms with Crippen molar-refractivity contribution in [2.24, 2.45) is 5.92 Å². The lowest BCUT2D eigenvalue weighted by Crippen LogP contribution is -2.27. The van der Waals surface area contributed by atoms with E-state index in [4.69, 9.17) is 11.6 Å². The van der Waals surface area contributed by atoms with Crippen LogP contribution in [0.3, 0.4) is 0 Å². The molecule has 0 saturated heterocycles. The second-order valence-corrected chi connectivity index (χ2v) is 9.30. The van der Waals surface area contributed by atoms with Gasteiger partial charge in [0, 0.05) is 22.7 Å². The Morgan fingerprint density at radius 1 is 1.31 bits per heavy atom. The molecule has 1 aromatic carbocycles. The Balaban J connectivity index is 1.57. The van der Waals surface area contributed by atoms with Gasteiger partial charge in [-0.2, -0.15) is 5.10 Å². The van der Waals surface area contributed by atoms with Crippen molar-refractivity contribution in [3.63, 3.8) is 0 Å². The number of alkyl halides is 1. The third-order valence-corrected chi connectivity index (χ3v) is 5.54. The van der Waals surface area contributed by atoms with Crippen LogP contribution in [0, 0.1) is 11.7 Å². The molecular formula is C21H20ClF2N7O. The van der Waals surface area contributed by atoms with Crippen molar-refractivity contribution in [1.29, 1.82) is 0 Å². The van der Waals surface area contributed by atoms with Crippen molar-refractivity contribution in [3.8, 4) is 11.3 Å². The fraction of sp³-hybridized carbons (Fsp3) is 0.333. The van der Waals surface area contributed by atoms with Gasteiger partial charge in [0.25, 0.3) is 0 Å². The fourth-order valence-corrected chi connectivity index (χ4v) is 3.89. The first-order valence-corrected chi connectivity index (χ1v) is 10.4. The maximum absolute atomic E-state index is 15.3. The van der Waals surface area contributed by atoms with E-state index in [1.807, 2.05) is 20.8 Å². The number of hydrogen-bond acceptors (Lipinski definition) is 5. The van der Waals surface area contributed by atoms with E-state index in [1.54, 1.807) is 23.0 Å². The zero-order valence-electron chi connectivity index (χ0n) is 17.5. The summed E-state index contributed by atoms with van der Waals surface area (Å²) in [6, 6.07) is 0. The van der Waals surface area contributed by atoms with Crippen LogP contribution in [0.5, 0.6) is 0 Å². The third-order valence-electron chi connectivity index (χ3n) is 5.19. The van der Waals surface area contributed by atoms with Crippen molar-refractivity contribution in [1.82, 2.24) is 24.6 Å². The summed E-state index contributed by atoms with van der Waals surface area (Å²) in [5.41, 5.74) is 1.55. The first kappa shape index (κ1) is 20.6. The second kappa shape index (κ2) is 7.13. The van der Waals surface area contributed by atoms with E-state index < -0.39 is 29.4 Å². The number of aromatic amines is 1. The number of imidazole rings is 1. The topological polar surface area (TPSA) is 100 Å². The van der Waals surface area contributed by atoms with E-state index in [0.29, 0.717) is 27.8 Å². The summed E-state index contributed by atoms with van der Waals surface area (Å²) in [5, 5.41) is 13.2. The Bertz CT molecular complexity index is 1370. The Morgan fingerprint density at radius 3 is 2.75 bits per heavy atom. The van der Waals surface area contributed by atoms with Gasteiger partial charge in [-0.05, 0) is 27.2 Å². The number of anilines is 2. The van der Waals surface area contributed by atoms with Crippen LogP contribution in [0.25, 0.3) is 27.8 Å². The van der Waals surface area contributed by atoms with Crippen LogP contribution in [0.1, 0.15) is 27.2 Å². The molecule has 1 saturated carbocycles. The maximum Gasteiger partial charge on any atom is 0.231 e. The van der Waals surface area contributed by atoms with Crippen LogP contribution in [-0.4, -0.2) is 42.2 Å². The summed E-state index contributed by atoms with van der Waals surface area (Å²) >= 11 is 6.46. The molecule has 3 aromatic heterocycles. The molecule has 166 valence electrons. The van der Waals surface area contributed by atoms with Crippen LogP contribution in [-0.2, 0) is 4.79 Å². The molecule has 4 aromatic rings. The first-order chi connectivity index (χ1) is 15.1. The molecule has 1 aliphatic rings. The highest BCUT2D eigenvalue weighted by atomic mass is 35.5. The maximum atomic E-state index is 15.3. The minimum atomic E-state index is -1.09. The number of carbonyl (C=O) groups excluding carboxylic acids is 1. The predicted octanol–water partition coefficient (Wildman–Crippen LogP) is 4.57. The van der Waals surface area contributed by atoms with Gasteiger partial charge in [-0.3, -0.25) is 14.9 Å². The van der Waals surface area contributed by atoms with Gasteiger partial charge >= 0.3 is 0 Å². The highest BCUT2D eigenvalue weighted by molar-refractivity contribution is 6.35. The molecule has 3 heterocycles. The van der Waals surface area contributed by atoms with Gasteiger partial charge in [0.2, 0.25) is 5.91 Å². The number of hydrogen-bond donors (Lipinski definition) is 3. The third kappa shape index (κ3) is 3.54. The number of H-pyrrole nitrogens is 1. The van der Waals surface area contributed by atoms with Gasteiger partial charge in [0.1, 0.15) is 6.17 Å². The molecule has 11 heteroatoms. The summed E-state index contributed by atoms with van der Waals surface area (Å²) in [6.07, 6.45) is 5.41. The lowest BCUT2D eigenvalue weighted by Gasteiger charge is -2.24. The summed E-state index contributed by atoms with van der Waals surface area (Å²) in [7, 11) is 0. The highest BCUT2D eigenvalue weighted by Crippen LogP contribution is 2.41.